The summed E-state index contributed by atoms with van der Waals surface area (Å²) in [7, 11) is 0. The molecule has 1 rings (SSSR count). The Labute approximate surface area is 164 Å². The van der Waals surface area contributed by atoms with Crippen molar-refractivity contribution in [2.24, 2.45) is 0 Å². The van der Waals surface area contributed by atoms with Gasteiger partial charge in [0.15, 0.2) is 6.61 Å². The highest BCUT2D eigenvalue weighted by atomic mass is 16.6. The van der Waals surface area contributed by atoms with E-state index in [4.69, 9.17) is 9.47 Å². The first-order valence-corrected chi connectivity index (χ1v) is 8.64. The second-order valence-corrected chi connectivity index (χ2v) is 8.03. The first-order valence-electron chi connectivity index (χ1n) is 8.64. The summed E-state index contributed by atoms with van der Waals surface area (Å²) in [5, 5.41) is 7.15. The fraction of sp³-hybridized carbons (Fsp3) is 0.474. The Morgan fingerprint density at radius 1 is 0.929 bits per heavy atom. The van der Waals surface area contributed by atoms with Crippen LogP contribution >= 0.6 is 0 Å². The van der Waals surface area contributed by atoms with Gasteiger partial charge in [0.25, 0.3) is 5.91 Å². The molecule has 0 aliphatic heterocycles. The summed E-state index contributed by atoms with van der Waals surface area (Å²) in [6.07, 6.45) is -0.618. The normalized spacial score (nSPS) is 11.2. The minimum absolute atomic E-state index is 0.182. The monoisotopic (exact) mass is 393 g/mol. The first kappa shape index (κ1) is 22.9. The molecule has 0 fully saturated rings. The van der Waals surface area contributed by atoms with Crippen LogP contribution in [0.2, 0.25) is 0 Å². The molecule has 0 atom stereocenters. The van der Waals surface area contributed by atoms with Crippen LogP contribution in [0.1, 0.15) is 51.9 Å². The highest BCUT2D eigenvalue weighted by Crippen LogP contribution is 2.13. The molecule has 0 saturated heterocycles. The van der Waals surface area contributed by atoms with Gasteiger partial charge in [-0.15, -0.1) is 0 Å². The van der Waals surface area contributed by atoms with Crippen LogP contribution in [0.4, 0.5) is 15.3 Å². The highest BCUT2D eigenvalue weighted by Gasteiger charge is 2.18. The van der Waals surface area contributed by atoms with Gasteiger partial charge < -0.3 is 14.8 Å². The van der Waals surface area contributed by atoms with Crippen molar-refractivity contribution < 1.29 is 28.7 Å². The van der Waals surface area contributed by atoms with Crippen LogP contribution in [0.5, 0.6) is 0 Å². The average molecular weight is 393 g/mol. The van der Waals surface area contributed by atoms with E-state index in [1.54, 1.807) is 41.5 Å². The van der Waals surface area contributed by atoms with E-state index >= 15 is 0 Å². The number of imide groups is 1. The molecule has 9 nitrogen and oxygen atoms in total. The molecule has 1 aromatic carbocycles. The number of anilines is 1. The maximum absolute atomic E-state index is 12.0. The minimum Gasteiger partial charge on any atom is -0.452 e. The Bertz CT molecular complexity index is 730. The second kappa shape index (κ2) is 9.20. The largest absolute Gasteiger partial charge is 0.452 e. The summed E-state index contributed by atoms with van der Waals surface area (Å²) >= 11 is 0. The SMILES string of the molecule is CC(C)(C)NC(=O)NC(=O)COC(=O)c1ccc(NC(=O)OC(C)(C)C)cc1. The highest BCUT2D eigenvalue weighted by molar-refractivity contribution is 5.97. The zero-order valence-electron chi connectivity index (χ0n) is 17.0. The third-order valence-electron chi connectivity index (χ3n) is 2.84. The summed E-state index contributed by atoms with van der Waals surface area (Å²) in [5.74, 6) is -1.49. The first-order chi connectivity index (χ1) is 12.7. The van der Waals surface area contributed by atoms with Gasteiger partial charge in [0, 0.05) is 11.2 Å². The molecular formula is C19H27N3O6. The van der Waals surface area contributed by atoms with Crippen LogP contribution in [0, 0.1) is 0 Å². The molecule has 3 N–H and O–H groups in total. The van der Waals surface area contributed by atoms with E-state index in [1.807, 2.05) is 0 Å². The van der Waals surface area contributed by atoms with E-state index in [-0.39, 0.29) is 5.56 Å². The predicted octanol–water partition coefficient (Wildman–Crippen LogP) is 2.81. The minimum atomic E-state index is -0.752. The molecule has 0 bridgehead atoms. The third-order valence-corrected chi connectivity index (χ3v) is 2.84. The van der Waals surface area contributed by atoms with Crippen molar-refractivity contribution in [2.75, 3.05) is 11.9 Å². The van der Waals surface area contributed by atoms with Crippen molar-refractivity contribution in [3.8, 4) is 0 Å². The molecule has 0 aromatic heterocycles. The van der Waals surface area contributed by atoms with Crippen molar-refractivity contribution in [1.82, 2.24) is 10.6 Å². The maximum atomic E-state index is 12.0. The molecule has 0 radical (unpaired) electrons. The molecular weight excluding hydrogens is 366 g/mol. The van der Waals surface area contributed by atoms with E-state index in [0.717, 1.165) is 0 Å². The van der Waals surface area contributed by atoms with Gasteiger partial charge in [-0.3, -0.25) is 15.4 Å². The Balaban J connectivity index is 2.49. The third kappa shape index (κ3) is 9.56. The van der Waals surface area contributed by atoms with E-state index < -0.39 is 41.7 Å². The molecule has 0 aliphatic rings. The smallest absolute Gasteiger partial charge is 0.412 e. The Hall–Kier alpha value is -3.10. The summed E-state index contributed by atoms with van der Waals surface area (Å²) < 4.78 is 9.99. The van der Waals surface area contributed by atoms with Gasteiger partial charge in [-0.2, -0.15) is 0 Å². The Morgan fingerprint density at radius 2 is 1.50 bits per heavy atom. The number of amides is 4. The van der Waals surface area contributed by atoms with Gasteiger partial charge in [0.2, 0.25) is 0 Å². The zero-order chi connectivity index (χ0) is 21.5. The van der Waals surface area contributed by atoms with Gasteiger partial charge in [0.05, 0.1) is 5.56 Å². The predicted molar refractivity (Wildman–Crippen MR) is 103 cm³/mol. The number of rotatable bonds is 4. The number of urea groups is 1. The molecule has 154 valence electrons. The number of ether oxygens (including phenoxy) is 2. The van der Waals surface area contributed by atoms with Gasteiger partial charge in [-0.05, 0) is 65.8 Å². The molecule has 1 aromatic rings. The van der Waals surface area contributed by atoms with E-state index in [0.29, 0.717) is 5.69 Å². The van der Waals surface area contributed by atoms with Crippen LogP contribution in [-0.2, 0) is 14.3 Å². The quantitative estimate of drug-likeness (QED) is 0.676. The lowest BCUT2D eigenvalue weighted by Crippen LogP contribution is -2.49. The van der Waals surface area contributed by atoms with Crippen LogP contribution in [0.3, 0.4) is 0 Å². The van der Waals surface area contributed by atoms with Gasteiger partial charge in [-0.1, -0.05) is 0 Å². The Morgan fingerprint density at radius 3 is 2.00 bits per heavy atom. The number of hydrogen-bond donors (Lipinski definition) is 3. The van der Waals surface area contributed by atoms with Gasteiger partial charge >= 0.3 is 18.1 Å². The van der Waals surface area contributed by atoms with Crippen LogP contribution < -0.4 is 16.0 Å². The lowest BCUT2D eigenvalue weighted by molar-refractivity contribution is -0.123. The molecule has 0 saturated carbocycles. The number of esters is 1. The van der Waals surface area contributed by atoms with Gasteiger partial charge in [-0.25, -0.2) is 14.4 Å². The van der Waals surface area contributed by atoms with Crippen molar-refractivity contribution >= 4 is 29.7 Å². The van der Waals surface area contributed by atoms with Gasteiger partial charge in [0.1, 0.15) is 5.60 Å². The number of carbonyl (C=O) groups excluding carboxylic acids is 4. The number of carbonyl (C=O) groups is 4. The average Bonchev–Trinajstić information content (AvgIpc) is 2.49. The number of nitrogens with one attached hydrogen (secondary N) is 3. The Kier molecular flexibility index (Phi) is 7.54. The summed E-state index contributed by atoms with van der Waals surface area (Å²) in [4.78, 5) is 46.9. The lowest BCUT2D eigenvalue weighted by Gasteiger charge is -2.20. The number of benzene rings is 1. The van der Waals surface area contributed by atoms with E-state index in [2.05, 4.69) is 16.0 Å². The van der Waals surface area contributed by atoms with E-state index in [1.165, 1.54) is 24.3 Å². The zero-order valence-corrected chi connectivity index (χ0v) is 17.0. The second-order valence-electron chi connectivity index (χ2n) is 8.03. The summed E-state index contributed by atoms with van der Waals surface area (Å²) in [6, 6.07) is 5.18. The molecule has 0 heterocycles. The number of hydrogen-bond acceptors (Lipinski definition) is 6. The van der Waals surface area contributed by atoms with Crippen molar-refractivity contribution in [3.05, 3.63) is 29.8 Å². The van der Waals surface area contributed by atoms with Crippen molar-refractivity contribution in [3.63, 3.8) is 0 Å². The molecule has 0 unspecified atom stereocenters. The molecule has 0 aliphatic carbocycles. The van der Waals surface area contributed by atoms with Crippen molar-refractivity contribution in [1.29, 1.82) is 0 Å². The fourth-order valence-corrected chi connectivity index (χ4v) is 1.86. The lowest BCUT2D eigenvalue weighted by atomic mass is 10.1. The molecule has 0 spiro atoms. The maximum Gasteiger partial charge on any atom is 0.412 e. The summed E-state index contributed by atoms with van der Waals surface area (Å²) in [5.41, 5.74) is -0.516. The van der Waals surface area contributed by atoms with E-state index in [9.17, 15) is 19.2 Å². The van der Waals surface area contributed by atoms with Crippen LogP contribution in [0.25, 0.3) is 0 Å². The van der Waals surface area contributed by atoms with Crippen molar-refractivity contribution in [2.45, 2.75) is 52.7 Å². The molecule has 28 heavy (non-hydrogen) atoms. The van der Waals surface area contributed by atoms with Crippen LogP contribution in [0.15, 0.2) is 24.3 Å². The molecule has 9 heteroatoms. The standard InChI is InChI=1S/C19H27N3O6/c1-18(2,3)22-16(25)21-14(23)11-27-15(24)12-7-9-13(10-8-12)20-17(26)28-19(4,5)6/h7-10H,11H2,1-6H3,(H,20,26)(H2,21,22,23,25). The summed E-state index contributed by atoms with van der Waals surface area (Å²) in [6.45, 7) is 9.92. The molecule has 4 amide bonds. The topological polar surface area (TPSA) is 123 Å². The van der Waals surface area contributed by atoms with Crippen LogP contribution in [-0.4, -0.2) is 41.7 Å². The fourth-order valence-electron chi connectivity index (χ4n) is 1.86.